The number of pyridine rings is 1. The van der Waals surface area contributed by atoms with E-state index in [-0.39, 0.29) is 22.7 Å². The van der Waals surface area contributed by atoms with Crippen molar-refractivity contribution in [3.63, 3.8) is 0 Å². The van der Waals surface area contributed by atoms with Gasteiger partial charge >= 0.3 is 0 Å². The van der Waals surface area contributed by atoms with E-state index in [4.69, 9.17) is 9.73 Å². The molecule has 2 aliphatic rings. The number of aromatic nitrogens is 1. The fraction of sp³-hybridized carbons (Fsp3) is 0.368. The van der Waals surface area contributed by atoms with E-state index in [1.807, 2.05) is 18.2 Å². The second kappa shape index (κ2) is 7.19. The predicted molar refractivity (Wildman–Crippen MR) is 105 cm³/mol. The molecule has 0 amide bonds. The van der Waals surface area contributed by atoms with Crippen molar-refractivity contribution in [2.75, 3.05) is 12.9 Å². The predicted octanol–water partition coefficient (Wildman–Crippen LogP) is 3.98. The number of thioether (sulfide) groups is 1. The van der Waals surface area contributed by atoms with Crippen LogP contribution < -0.4 is 4.74 Å². The Kier molecular flexibility index (Phi) is 4.73. The Morgan fingerprint density at radius 2 is 2.22 bits per heavy atom. The molecular weight excluding hydrogens is 364 g/mol. The van der Waals surface area contributed by atoms with Crippen molar-refractivity contribution < 1.29 is 9.66 Å². The van der Waals surface area contributed by atoms with Gasteiger partial charge in [0.2, 0.25) is 0 Å². The molecule has 0 unspecified atom stereocenters. The van der Waals surface area contributed by atoms with Gasteiger partial charge in [0, 0.05) is 35.7 Å². The third-order valence-corrected chi connectivity index (χ3v) is 6.20. The first-order valence-electron chi connectivity index (χ1n) is 8.86. The molecule has 3 atom stereocenters. The molecule has 7 nitrogen and oxygen atoms in total. The molecular formula is C19H20N4O3S. The Labute approximate surface area is 161 Å². The number of hydrogen-bond donors (Lipinski definition) is 0. The largest absolute Gasteiger partial charge is 0.496 e. The highest BCUT2D eigenvalue weighted by Crippen LogP contribution is 2.50. The van der Waals surface area contributed by atoms with Gasteiger partial charge in [0.1, 0.15) is 11.8 Å². The molecule has 8 heteroatoms. The molecule has 1 fully saturated rings. The molecule has 27 heavy (non-hydrogen) atoms. The minimum Gasteiger partial charge on any atom is -0.496 e. The summed E-state index contributed by atoms with van der Waals surface area (Å²) in [4.78, 5) is 22.8. The number of aliphatic imine (C=N–C) groups is 1. The summed E-state index contributed by atoms with van der Waals surface area (Å²) in [5.41, 5.74) is 1.69. The Balaban J connectivity index is 1.87. The second-order valence-corrected chi connectivity index (χ2v) is 7.51. The number of fused-ring (bicyclic) bond motifs is 1. The highest BCUT2D eigenvalue weighted by atomic mass is 32.2. The Morgan fingerprint density at radius 1 is 1.37 bits per heavy atom. The summed E-state index contributed by atoms with van der Waals surface area (Å²) in [5, 5.41) is 12.4. The van der Waals surface area contributed by atoms with E-state index >= 15 is 0 Å². The zero-order valence-electron chi connectivity index (χ0n) is 15.1. The molecule has 0 radical (unpaired) electrons. The van der Waals surface area contributed by atoms with Crippen LogP contribution in [0, 0.1) is 10.1 Å². The topological polar surface area (TPSA) is 80.9 Å². The van der Waals surface area contributed by atoms with Crippen LogP contribution in [-0.2, 0) is 0 Å². The highest BCUT2D eigenvalue weighted by molar-refractivity contribution is 8.14. The monoisotopic (exact) mass is 384 g/mol. The van der Waals surface area contributed by atoms with Crippen molar-refractivity contribution >= 4 is 22.6 Å². The molecule has 2 aliphatic heterocycles. The molecule has 2 aromatic rings. The number of rotatable bonds is 5. The number of amidine groups is 1. The summed E-state index contributed by atoms with van der Waals surface area (Å²) in [6, 6.07) is 10.5. The smallest absolute Gasteiger partial charge is 0.270 e. The molecule has 1 saturated heterocycles. The summed E-state index contributed by atoms with van der Waals surface area (Å²) >= 11 is 1.74. The first-order chi connectivity index (χ1) is 13.1. The highest BCUT2D eigenvalue weighted by Gasteiger charge is 2.46. The average molecular weight is 384 g/mol. The summed E-state index contributed by atoms with van der Waals surface area (Å²) in [6.45, 7) is 2.16. The maximum Gasteiger partial charge on any atom is 0.270 e. The number of nitro benzene ring substituents is 1. The van der Waals surface area contributed by atoms with Crippen LogP contribution in [0.5, 0.6) is 5.75 Å². The van der Waals surface area contributed by atoms with Crippen LogP contribution in [0.15, 0.2) is 47.6 Å². The van der Waals surface area contributed by atoms with Crippen molar-refractivity contribution in [3.05, 3.63) is 64.0 Å². The Bertz CT molecular complexity index is 890. The van der Waals surface area contributed by atoms with Crippen molar-refractivity contribution in [2.24, 2.45) is 4.99 Å². The first kappa shape index (κ1) is 17.8. The minimum absolute atomic E-state index is 0.0546. The average Bonchev–Trinajstić information content (AvgIpc) is 3.27. The van der Waals surface area contributed by atoms with E-state index in [9.17, 15) is 10.1 Å². The molecule has 1 aromatic heterocycles. The van der Waals surface area contributed by atoms with Gasteiger partial charge in [0.25, 0.3) is 5.69 Å². The van der Waals surface area contributed by atoms with E-state index in [0.29, 0.717) is 11.8 Å². The molecule has 4 rings (SSSR count). The molecule has 0 aliphatic carbocycles. The zero-order valence-corrected chi connectivity index (χ0v) is 15.9. The van der Waals surface area contributed by atoms with Crippen LogP contribution in [0.4, 0.5) is 5.69 Å². The minimum atomic E-state index is -0.370. The standard InChI is InChI=1S/C19H20N4O3S/c1-3-12-11-27-19-21-17(15-6-4-5-9-20-15)18(22(12)19)14-10-13(23(24)25)7-8-16(14)26-2/h4-10,12,17-18H,3,11H2,1-2H3/t12-,17+,18+/m0/s1. The van der Waals surface area contributed by atoms with Gasteiger partial charge in [-0.05, 0) is 24.6 Å². The van der Waals surface area contributed by atoms with Crippen molar-refractivity contribution in [1.29, 1.82) is 0 Å². The van der Waals surface area contributed by atoms with Crippen LogP contribution in [0.2, 0.25) is 0 Å². The van der Waals surface area contributed by atoms with Gasteiger partial charge in [0.05, 0.1) is 23.8 Å². The quantitative estimate of drug-likeness (QED) is 0.573. The van der Waals surface area contributed by atoms with Gasteiger partial charge < -0.3 is 9.64 Å². The van der Waals surface area contributed by atoms with E-state index < -0.39 is 0 Å². The maximum atomic E-state index is 11.4. The molecule has 0 N–H and O–H groups in total. The summed E-state index contributed by atoms with van der Waals surface area (Å²) in [7, 11) is 1.59. The number of hydrogen-bond acceptors (Lipinski definition) is 7. The van der Waals surface area contributed by atoms with E-state index in [0.717, 1.165) is 28.6 Å². The van der Waals surface area contributed by atoms with Gasteiger partial charge in [-0.2, -0.15) is 0 Å². The number of methoxy groups -OCH3 is 1. The third-order valence-electron chi connectivity index (χ3n) is 5.07. The van der Waals surface area contributed by atoms with Gasteiger partial charge in [0.15, 0.2) is 5.17 Å². The SMILES string of the molecule is CC[C@H]1CSC2=N[C@H](c3ccccn3)[C@@H](c3cc([N+](=O)[O-])ccc3OC)N21. The number of nitrogens with zero attached hydrogens (tertiary/aromatic N) is 4. The van der Waals surface area contributed by atoms with Crippen LogP contribution in [0.1, 0.15) is 36.7 Å². The fourth-order valence-corrected chi connectivity index (χ4v) is 5.09. The fourth-order valence-electron chi connectivity index (χ4n) is 3.75. The molecule has 0 bridgehead atoms. The normalized spacial score (nSPS) is 23.9. The van der Waals surface area contributed by atoms with Crippen molar-refractivity contribution in [3.8, 4) is 5.75 Å². The molecule has 3 heterocycles. The zero-order chi connectivity index (χ0) is 19.0. The summed E-state index contributed by atoms with van der Waals surface area (Å²) < 4.78 is 5.57. The second-order valence-electron chi connectivity index (χ2n) is 6.52. The van der Waals surface area contributed by atoms with Crippen LogP contribution in [-0.4, -0.2) is 38.9 Å². The number of non-ortho nitro benzene ring substituents is 1. The lowest BCUT2D eigenvalue weighted by Crippen LogP contribution is -2.35. The number of nitro groups is 1. The van der Waals surface area contributed by atoms with Crippen LogP contribution in [0.3, 0.4) is 0 Å². The van der Waals surface area contributed by atoms with Crippen molar-refractivity contribution in [2.45, 2.75) is 31.5 Å². The van der Waals surface area contributed by atoms with Crippen molar-refractivity contribution in [1.82, 2.24) is 9.88 Å². The Morgan fingerprint density at radius 3 is 2.89 bits per heavy atom. The summed E-state index contributed by atoms with van der Waals surface area (Å²) in [6.07, 6.45) is 2.74. The van der Waals surface area contributed by atoms with E-state index in [2.05, 4.69) is 16.8 Å². The summed E-state index contributed by atoms with van der Waals surface area (Å²) in [5.74, 6) is 1.60. The van der Waals surface area contributed by atoms with E-state index in [1.165, 1.54) is 6.07 Å². The van der Waals surface area contributed by atoms with E-state index in [1.54, 1.807) is 37.2 Å². The lowest BCUT2D eigenvalue weighted by Gasteiger charge is -2.32. The molecule has 1 aromatic carbocycles. The third kappa shape index (κ3) is 3.03. The molecule has 0 spiro atoms. The lowest BCUT2D eigenvalue weighted by molar-refractivity contribution is -0.385. The number of ether oxygens (including phenoxy) is 1. The number of benzene rings is 1. The molecule has 140 valence electrons. The molecule has 0 saturated carbocycles. The van der Waals surface area contributed by atoms with Gasteiger partial charge in [-0.15, -0.1) is 0 Å². The maximum absolute atomic E-state index is 11.4. The lowest BCUT2D eigenvalue weighted by atomic mass is 9.94. The van der Waals surface area contributed by atoms with Gasteiger partial charge in [-0.1, -0.05) is 24.8 Å². The van der Waals surface area contributed by atoms with Gasteiger partial charge in [-0.3, -0.25) is 20.1 Å². The first-order valence-corrected chi connectivity index (χ1v) is 9.84. The van der Waals surface area contributed by atoms with Crippen LogP contribution >= 0.6 is 11.8 Å². The van der Waals surface area contributed by atoms with Gasteiger partial charge in [-0.25, -0.2) is 0 Å². The Hall–Kier alpha value is -2.61. The van der Waals surface area contributed by atoms with Crippen LogP contribution in [0.25, 0.3) is 0 Å².